The van der Waals surface area contributed by atoms with Crippen molar-refractivity contribution in [1.29, 1.82) is 0 Å². The van der Waals surface area contributed by atoms with Crippen molar-refractivity contribution in [3.8, 4) is 0 Å². The third-order valence-electron chi connectivity index (χ3n) is 2.76. The van der Waals surface area contributed by atoms with E-state index in [1.54, 1.807) is 11.3 Å². The third-order valence-corrected chi connectivity index (χ3v) is 3.68. The molecule has 1 fully saturated rings. The van der Waals surface area contributed by atoms with Crippen LogP contribution in [0.15, 0.2) is 5.38 Å². The first kappa shape index (κ1) is 11.0. The predicted molar refractivity (Wildman–Crippen MR) is 60.3 cm³/mol. The van der Waals surface area contributed by atoms with Gasteiger partial charge in [-0.25, -0.2) is 4.98 Å². The zero-order valence-electron chi connectivity index (χ0n) is 8.82. The molecule has 1 aromatic heterocycles. The molecule has 4 heteroatoms. The standard InChI is InChI=1S/C11H17NO2S/c13-5-1-2-11-12-10(8-15-11)9-3-6-14-7-4-9/h8-9,13H,1-7H2. The highest BCUT2D eigenvalue weighted by Crippen LogP contribution is 2.28. The molecule has 0 bridgehead atoms. The van der Waals surface area contributed by atoms with Crippen molar-refractivity contribution in [3.63, 3.8) is 0 Å². The Balaban J connectivity index is 1.93. The van der Waals surface area contributed by atoms with Crippen molar-refractivity contribution in [2.45, 2.75) is 31.6 Å². The minimum absolute atomic E-state index is 0.256. The summed E-state index contributed by atoms with van der Waals surface area (Å²) in [5, 5.41) is 12.1. The fourth-order valence-corrected chi connectivity index (χ4v) is 2.77. The number of aromatic nitrogens is 1. The van der Waals surface area contributed by atoms with Gasteiger partial charge in [-0.2, -0.15) is 0 Å². The molecule has 1 aliphatic rings. The van der Waals surface area contributed by atoms with E-state index in [0.717, 1.165) is 43.9 Å². The van der Waals surface area contributed by atoms with Gasteiger partial charge in [0.05, 0.1) is 10.7 Å². The fourth-order valence-electron chi connectivity index (χ4n) is 1.85. The van der Waals surface area contributed by atoms with Crippen LogP contribution in [0.4, 0.5) is 0 Å². The minimum Gasteiger partial charge on any atom is -0.396 e. The van der Waals surface area contributed by atoms with Gasteiger partial charge in [-0.05, 0) is 19.3 Å². The molecule has 15 heavy (non-hydrogen) atoms. The summed E-state index contributed by atoms with van der Waals surface area (Å²) in [5.74, 6) is 0.595. The van der Waals surface area contributed by atoms with E-state index < -0.39 is 0 Å². The van der Waals surface area contributed by atoms with Gasteiger partial charge in [0.1, 0.15) is 0 Å². The quantitative estimate of drug-likeness (QED) is 0.855. The summed E-state index contributed by atoms with van der Waals surface area (Å²) in [5.41, 5.74) is 1.23. The van der Waals surface area contributed by atoms with Crippen molar-refractivity contribution in [3.05, 3.63) is 16.1 Å². The molecule has 0 unspecified atom stereocenters. The maximum absolute atomic E-state index is 8.74. The zero-order valence-corrected chi connectivity index (χ0v) is 9.63. The normalized spacial score (nSPS) is 18.2. The van der Waals surface area contributed by atoms with Crippen LogP contribution in [0.3, 0.4) is 0 Å². The highest BCUT2D eigenvalue weighted by Gasteiger charge is 2.18. The average Bonchev–Trinajstić information content (AvgIpc) is 2.76. The summed E-state index contributed by atoms with van der Waals surface area (Å²) < 4.78 is 5.34. The van der Waals surface area contributed by atoms with Crippen molar-refractivity contribution in [2.24, 2.45) is 0 Å². The van der Waals surface area contributed by atoms with Crippen LogP contribution in [0.2, 0.25) is 0 Å². The molecule has 0 spiro atoms. The lowest BCUT2D eigenvalue weighted by atomic mass is 9.97. The second-order valence-electron chi connectivity index (χ2n) is 3.88. The van der Waals surface area contributed by atoms with Gasteiger partial charge >= 0.3 is 0 Å². The van der Waals surface area contributed by atoms with Gasteiger partial charge < -0.3 is 9.84 Å². The number of rotatable bonds is 4. The molecule has 0 aliphatic carbocycles. The van der Waals surface area contributed by atoms with Crippen molar-refractivity contribution < 1.29 is 9.84 Å². The Hall–Kier alpha value is -0.450. The lowest BCUT2D eigenvalue weighted by molar-refractivity contribution is 0.0846. The molecular formula is C11H17NO2S. The molecule has 1 aromatic rings. The molecule has 2 rings (SSSR count). The lowest BCUT2D eigenvalue weighted by Crippen LogP contribution is -2.14. The van der Waals surface area contributed by atoms with Crippen LogP contribution in [-0.4, -0.2) is 29.9 Å². The maximum atomic E-state index is 8.74. The summed E-state index contributed by atoms with van der Waals surface area (Å²) in [4.78, 5) is 4.62. The molecule has 1 saturated heterocycles. The summed E-state index contributed by atoms with van der Waals surface area (Å²) in [7, 11) is 0. The molecule has 3 nitrogen and oxygen atoms in total. The second-order valence-corrected chi connectivity index (χ2v) is 4.82. The molecule has 0 amide bonds. The molecule has 1 aliphatic heterocycles. The fraction of sp³-hybridized carbons (Fsp3) is 0.727. The van der Waals surface area contributed by atoms with Crippen LogP contribution < -0.4 is 0 Å². The number of ether oxygens (including phenoxy) is 1. The summed E-state index contributed by atoms with van der Waals surface area (Å²) in [6, 6.07) is 0. The van der Waals surface area contributed by atoms with E-state index in [9.17, 15) is 0 Å². The van der Waals surface area contributed by atoms with E-state index in [2.05, 4.69) is 10.4 Å². The molecule has 0 radical (unpaired) electrons. The van der Waals surface area contributed by atoms with Crippen molar-refractivity contribution in [1.82, 2.24) is 4.98 Å². The number of aliphatic hydroxyl groups excluding tert-OH is 1. The average molecular weight is 227 g/mol. The predicted octanol–water partition coefficient (Wildman–Crippen LogP) is 1.96. The van der Waals surface area contributed by atoms with E-state index >= 15 is 0 Å². The number of nitrogens with zero attached hydrogens (tertiary/aromatic N) is 1. The Morgan fingerprint density at radius 1 is 1.47 bits per heavy atom. The Bertz CT molecular complexity index is 295. The first-order valence-corrected chi connectivity index (χ1v) is 6.41. The van der Waals surface area contributed by atoms with Crippen LogP contribution in [0.1, 0.15) is 35.9 Å². The SMILES string of the molecule is OCCCc1nc(C2CCOCC2)cs1. The van der Waals surface area contributed by atoms with Crippen LogP contribution in [0.5, 0.6) is 0 Å². The lowest BCUT2D eigenvalue weighted by Gasteiger charge is -2.19. The van der Waals surface area contributed by atoms with Crippen molar-refractivity contribution >= 4 is 11.3 Å². The Morgan fingerprint density at radius 3 is 3.00 bits per heavy atom. The van der Waals surface area contributed by atoms with E-state index in [1.807, 2.05) is 0 Å². The number of aryl methyl sites for hydroxylation is 1. The van der Waals surface area contributed by atoms with Crippen molar-refractivity contribution in [2.75, 3.05) is 19.8 Å². The first-order valence-electron chi connectivity index (χ1n) is 5.53. The Labute approximate surface area is 94.1 Å². The third kappa shape index (κ3) is 3.00. The number of hydrogen-bond donors (Lipinski definition) is 1. The molecule has 0 atom stereocenters. The minimum atomic E-state index is 0.256. The monoisotopic (exact) mass is 227 g/mol. The topological polar surface area (TPSA) is 42.4 Å². The van der Waals surface area contributed by atoms with E-state index in [4.69, 9.17) is 9.84 Å². The van der Waals surface area contributed by atoms with Gasteiger partial charge in [-0.3, -0.25) is 0 Å². The molecule has 1 N–H and O–H groups in total. The van der Waals surface area contributed by atoms with Crippen LogP contribution in [0, 0.1) is 0 Å². The van der Waals surface area contributed by atoms with Gasteiger partial charge in [0, 0.05) is 37.5 Å². The van der Waals surface area contributed by atoms with Gasteiger partial charge in [0.15, 0.2) is 0 Å². The van der Waals surface area contributed by atoms with Crippen LogP contribution in [0.25, 0.3) is 0 Å². The first-order chi connectivity index (χ1) is 7.40. The molecule has 0 saturated carbocycles. The number of thiazole rings is 1. The zero-order chi connectivity index (χ0) is 10.5. The Kier molecular flexibility index (Phi) is 4.11. The van der Waals surface area contributed by atoms with Gasteiger partial charge in [0.2, 0.25) is 0 Å². The maximum Gasteiger partial charge on any atom is 0.0929 e. The van der Waals surface area contributed by atoms with Crippen LogP contribution >= 0.6 is 11.3 Å². The van der Waals surface area contributed by atoms with E-state index in [0.29, 0.717) is 5.92 Å². The van der Waals surface area contributed by atoms with Gasteiger partial charge in [-0.1, -0.05) is 0 Å². The number of aliphatic hydroxyl groups is 1. The molecule has 0 aromatic carbocycles. The summed E-state index contributed by atoms with van der Waals surface area (Å²) >= 11 is 1.72. The van der Waals surface area contributed by atoms with Gasteiger partial charge in [0.25, 0.3) is 0 Å². The number of hydrogen-bond acceptors (Lipinski definition) is 4. The smallest absolute Gasteiger partial charge is 0.0929 e. The molecule has 2 heterocycles. The largest absolute Gasteiger partial charge is 0.396 e. The second kappa shape index (κ2) is 5.58. The van der Waals surface area contributed by atoms with E-state index in [-0.39, 0.29) is 6.61 Å². The van der Waals surface area contributed by atoms with Crippen LogP contribution in [-0.2, 0) is 11.2 Å². The molecular weight excluding hydrogens is 210 g/mol. The summed E-state index contributed by atoms with van der Waals surface area (Å²) in [6.45, 7) is 1.99. The van der Waals surface area contributed by atoms with Gasteiger partial charge in [-0.15, -0.1) is 11.3 Å². The summed E-state index contributed by atoms with van der Waals surface area (Å²) in [6.07, 6.45) is 3.93. The highest BCUT2D eigenvalue weighted by molar-refractivity contribution is 7.09. The Morgan fingerprint density at radius 2 is 2.27 bits per heavy atom. The van der Waals surface area contributed by atoms with E-state index in [1.165, 1.54) is 5.69 Å². The highest BCUT2D eigenvalue weighted by atomic mass is 32.1. The molecule has 84 valence electrons.